The van der Waals surface area contributed by atoms with Gasteiger partial charge in [0, 0.05) is 11.7 Å². The summed E-state index contributed by atoms with van der Waals surface area (Å²) in [7, 11) is -3.33. The zero-order valence-corrected chi connectivity index (χ0v) is 11.5. The fourth-order valence-electron chi connectivity index (χ4n) is 2.26. The Labute approximate surface area is 108 Å². The molecule has 100 valence electrons. The zero-order chi connectivity index (χ0) is 13.2. The van der Waals surface area contributed by atoms with Gasteiger partial charge in [-0.15, -0.1) is 0 Å². The molecule has 2 heterocycles. The van der Waals surface area contributed by atoms with E-state index in [2.05, 4.69) is 15.0 Å². The molecule has 0 radical (unpaired) electrons. The van der Waals surface area contributed by atoms with Crippen molar-refractivity contribution < 1.29 is 8.42 Å². The lowest BCUT2D eigenvalue weighted by molar-refractivity contribution is 0.581. The van der Waals surface area contributed by atoms with Crippen LogP contribution in [0.3, 0.4) is 0 Å². The van der Waals surface area contributed by atoms with Gasteiger partial charge in [0.05, 0.1) is 5.75 Å². The van der Waals surface area contributed by atoms with E-state index in [4.69, 9.17) is 0 Å². The topological polar surface area (TPSA) is 71.1 Å². The molecule has 0 aliphatic carbocycles. The Morgan fingerprint density at radius 1 is 1.44 bits per heavy atom. The third-order valence-corrected chi connectivity index (χ3v) is 4.30. The lowest BCUT2D eigenvalue weighted by Crippen LogP contribution is -2.33. The minimum absolute atomic E-state index is 0.0633. The molecule has 0 aromatic carbocycles. The summed E-state index contributed by atoms with van der Waals surface area (Å²) < 4.78 is 26.5. The molecule has 18 heavy (non-hydrogen) atoms. The molecule has 1 aliphatic heterocycles. The molecule has 0 bridgehead atoms. The van der Waals surface area contributed by atoms with Gasteiger partial charge >= 0.3 is 0 Å². The van der Waals surface area contributed by atoms with Gasteiger partial charge in [-0.1, -0.05) is 0 Å². The lowest BCUT2D eigenvalue weighted by Gasteiger charge is -2.12. The zero-order valence-electron chi connectivity index (χ0n) is 10.7. The average molecular weight is 269 g/mol. The number of nitrogens with zero attached hydrogens (tertiary/aromatic N) is 1. The Balaban J connectivity index is 2.06. The second-order valence-electron chi connectivity index (χ2n) is 4.85. The summed E-state index contributed by atoms with van der Waals surface area (Å²) in [5.74, 6) is 0.521. The number of sulfonamides is 1. The Morgan fingerprint density at radius 3 is 2.83 bits per heavy atom. The SMILES string of the molecule is Cc1cc(C)nc(NS(=O)(=O)CC2CCCN2)c1. The molecule has 1 fully saturated rings. The fourth-order valence-corrected chi connectivity index (χ4v) is 3.58. The number of anilines is 1. The Hall–Kier alpha value is -1.14. The van der Waals surface area contributed by atoms with Crippen molar-refractivity contribution in [1.82, 2.24) is 10.3 Å². The summed E-state index contributed by atoms with van der Waals surface area (Å²) in [6.45, 7) is 4.68. The molecule has 1 aromatic rings. The molecule has 2 rings (SSSR count). The molecule has 1 unspecified atom stereocenters. The van der Waals surface area contributed by atoms with Crippen molar-refractivity contribution in [2.24, 2.45) is 0 Å². The average Bonchev–Trinajstić information content (AvgIpc) is 2.66. The third kappa shape index (κ3) is 3.68. The molecule has 0 spiro atoms. The maximum absolute atomic E-state index is 12.0. The maximum atomic E-state index is 12.0. The lowest BCUT2D eigenvalue weighted by atomic mass is 10.2. The number of hydrogen-bond donors (Lipinski definition) is 2. The van der Waals surface area contributed by atoms with Crippen LogP contribution in [0.15, 0.2) is 12.1 Å². The van der Waals surface area contributed by atoms with Crippen molar-refractivity contribution >= 4 is 15.8 Å². The first-order valence-electron chi connectivity index (χ1n) is 6.14. The van der Waals surface area contributed by atoms with Crippen LogP contribution >= 0.6 is 0 Å². The van der Waals surface area contributed by atoms with Crippen LogP contribution in [-0.2, 0) is 10.0 Å². The van der Waals surface area contributed by atoms with Crippen LogP contribution in [0.4, 0.5) is 5.82 Å². The number of aromatic nitrogens is 1. The second kappa shape index (κ2) is 5.24. The minimum Gasteiger partial charge on any atom is -0.313 e. The first-order valence-corrected chi connectivity index (χ1v) is 7.79. The third-order valence-electron chi connectivity index (χ3n) is 2.94. The summed E-state index contributed by atoms with van der Waals surface area (Å²) in [6.07, 6.45) is 1.96. The van der Waals surface area contributed by atoms with Crippen molar-refractivity contribution in [3.05, 3.63) is 23.4 Å². The van der Waals surface area contributed by atoms with E-state index in [1.54, 1.807) is 6.07 Å². The molecule has 5 nitrogen and oxygen atoms in total. The van der Waals surface area contributed by atoms with Gasteiger partial charge in [0.1, 0.15) is 5.82 Å². The normalized spacial score (nSPS) is 20.0. The largest absolute Gasteiger partial charge is 0.313 e. The van der Waals surface area contributed by atoms with Crippen LogP contribution in [0.5, 0.6) is 0 Å². The van der Waals surface area contributed by atoms with E-state index >= 15 is 0 Å². The van der Waals surface area contributed by atoms with Crippen LogP contribution in [0.2, 0.25) is 0 Å². The quantitative estimate of drug-likeness (QED) is 0.861. The predicted octanol–water partition coefficient (Wildman–Crippen LogP) is 1.19. The summed E-state index contributed by atoms with van der Waals surface area (Å²) in [5.41, 5.74) is 1.81. The van der Waals surface area contributed by atoms with E-state index < -0.39 is 10.0 Å². The maximum Gasteiger partial charge on any atom is 0.235 e. The molecule has 6 heteroatoms. The number of aryl methyl sites for hydroxylation is 2. The monoisotopic (exact) mass is 269 g/mol. The van der Waals surface area contributed by atoms with E-state index in [0.717, 1.165) is 30.6 Å². The van der Waals surface area contributed by atoms with Crippen molar-refractivity contribution in [3.63, 3.8) is 0 Å². The van der Waals surface area contributed by atoms with Gasteiger partial charge in [-0.05, 0) is 50.9 Å². The van der Waals surface area contributed by atoms with Crippen LogP contribution in [0.25, 0.3) is 0 Å². The van der Waals surface area contributed by atoms with E-state index in [-0.39, 0.29) is 11.8 Å². The predicted molar refractivity (Wildman–Crippen MR) is 72.1 cm³/mol. The molecular formula is C12H19N3O2S. The molecule has 2 N–H and O–H groups in total. The summed E-state index contributed by atoms with van der Waals surface area (Å²) in [6, 6.07) is 3.72. The Kier molecular flexibility index (Phi) is 3.87. The highest BCUT2D eigenvalue weighted by Crippen LogP contribution is 2.13. The van der Waals surface area contributed by atoms with Gasteiger partial charge in [0.15, 0.2) is 0 Å². The minimum atomic E-state index is -3.33. The molecule has 1 atom stereocenters. The molecular weight excluding hydrogens is 250 g/mol. The summed E-state index contributed by atoms with van der Waals surface area (Å²) >= 11 is 0. The molecule has 0 amide bonds. The molecule has 0 saturated carbocycles. The van der Waals surface area contributed by atoms with Gasteiger partial charge in [-0.2, -0.15) is 0 Å². The Bertz CT molecular complexity index is 502. The number of nitrogens with one attached hydrogen (secondary N) is 2. The second-order valence-corrected chi connectivity index (χ2v) is 6.61. The highest BCUT2D eigenvalue weighted by atomic mass is 32.2. The van der Waals surface area contributed by atoms with Crippen LogP contribution in [0, 0.1) is 13.8 Å². The fraction of sp³-hybridized carbons (Fsp3) is 0.583. The van der Waals surface area contributed by atoms with E-state index in [1.807, 2.05) is 19.9 Å². The first kappa shape index (κ1) is 13.3. The van der Waals surface area contributed by atoms with Crippen molar-refractivity contribution in [2.75, 3.05) is 17.0 Å². The first-order chi connectivity index (χ1) is 8.44. The van der Waals surface area contributed by atoms with Crippen molar-refractivity contribution in [2.45, 2.75) is 32.7 Å². The highest BCUT2D eigenvalue weighted by molar-refractivity contribution is 7.92. The molecule has 1 aliphatic rings. The van der Waals surface area contributed by atoms with Gasteiger partial charge in [0.25, 0.3) is 0 Å². The Morgan fingerprint density at radius 2 is 2.22 bits per heavy atom. The van der Waals surface area contributed by atoms with Gasteiger partial charge in [-0.3, -0.25) is 4.72 Å². The molecule has 1 aromatic heterocycles. The summed E-state index contributed by atoms with van der Waals surface area (Å²) in [5, 5.41) is 3.18. The van der Waals surface area contributed by atoms with E-state index in [1.165, 1.54) is 0 Å². The molecule has 1 saturated heterocycles. The highest BCUT2D eigenvalue weighted by Gasteiger charge is 2.22. The van der Waals surface area contributed by atoms with E-state index in [0.29, 0.717) is 5.82 Å². The number of rotatable bonds is 4. The van der Waals surface area contributed by atoms with Crippen molar-refractivity contribution in [3.8, 4) is 0 Å². The smallest absolute Gasteiger partial charge is 0.235 e. The standard InChI is InChI=1S/C12H19N3O2S/c1-9-6-10(2)14-12(7-9)15-18(16,17)8-11-4-3-5-13-11/h6-7,11,13H,3-5,8H2,1-2H3,(H,14,15). The van der Waals surface area contributed by atoms with Crippen LogP contribution < -0.4 is 10.0 Å². The van der Waals surface area contributed by atoms with E-state index in [9.17, 15) is 8.42 Å². The number of hydrogen-bond acceptors (Lipinski definition) is 4. The van der Waals surface area contributed by atoms with Crippen molar-refractivity contribution in [1.29, 1.82) is 0 Å². The number of pyridine rings is 1. The van der Waals surface area contributed by atoms with Crippen LogP contribution in [-0.4, -0.2) is 31.7 Å². The summed E-state index contributed by atoms with van der Waals surface area (Å²) in [4.78, 5) is 4.18. The van der Waals surface area contributed by atoms with Gasteiger partial charge in [0.2, 0.25) is 10.0 Å². The van der Waals surface area contributed by atoms with Crippen LogP contribution in [0.1, 0.15) is 24.1 Å². The van der Waals surface area contributed by atoms with Gasteiger partial charge in [-0.25, -0.2) is 13.4 Å². The van der Waals surface area contributed by atoms with Gasteiger partial charge < -0.3 is 5.32 Å².